The maximum absolute atomic E-state index is 11.8. The summed E-state index contributed by atoms with van der Waals surface area (Å²) in [4.78, 5) is 43.7. The molecule has 400 valence electrons. The highest BCUT2D eigenvalue weighted by molar-refractivity contribution is 7.96. The molecule has 0 spiro atoms. The second kappa shape index (κ2) is 42.5. The number of hydrogen-bond acceptors (Lipinski definition) is 12. The van der Waals surface area contributed by atoms with Crippen LogP contribution in [0.3, 0.4) is 0 Å². The molecule has 0 saturated heterocycles. The molecule has 0 aromatic carbocycles. The number of carbonyl (C=O) groups is 3. The van der Waals surface area contributed by atoms with Crippen LogP contribution in [0.25, 0.3) is 0 Å². The first-order valence-electron chi connectivity index (χ1n) is 22.6. The van der Waals surface area contributed by atoms with Gasteiger partial charge in [-0.2, -0.15) is 0 Å². The highest BCUT2D eigenvalue weighted by Gasteiger charge is 2.43. The summed E-state index contributed by atoms with van der Waals surface area (Å²) in [5.41, 5.74) is 1.45. The number of rotatable bonds is 23. The monoisotopic (exact) mass is 1090 g/mol. The third-order valence-corrected chi connectivity index (χ3v) is 26.9. The second-order valence-electron chi connectivity index (χ2n) is 19.3. The van der Waals surface area contributed by atoms with Gasteiger partial charge in [0.2, 0.25) is 0 Å². The number of hydrogen-bond donors (Lipinski definition) is 1. The maximum Gasteiger partial charge on any atom is 0.333 e. The van der Waals surface area contributed by atoms with Crippen molar-refractivity contribution in [2.24, 2.45) is 0 Å². The lowest BCUT2D eigenvalue weighted by molar-refractivity contribution is -0.139. The van der Waals surface area contributed by atoms with E-state index in [0.717, 1.165) is 44.8 Å². The average molecular weight is 1100 g/mol. The van der Waals surface area contributed by atoms with E-state index in [1.165, 1.54) is 0 Å². The zero-order valence-corrected chi connectivity index (χ0v) is 51.1. The van der Waals surface area contributed by atoms with Gasteiger partial charge in [-0.3, -0.25) is 4.79 Å². The fourth-order valence-corrected chi connectivity index (χ4v) is 24.8. The van der Waals surface area contributed by atoms with Crippen molar-refractivity contribution in [3.63, 3.8) is 0 Å². The zero-order chi connectivity index (χ0) is 53.0. The van der Waals surface area contributed by atoms with Gasteiger partial charge in [-0.05, 0) is 183 Å². The first-order valence-corrected chi connectivity index (χ1v) is 44.8. The van der Waals surface area contributed by atoms with Gasteiger partial charge in [0.05, 0.1) is 13.2 Å². The number of allylic oxidation sites excluding steroid dienone is 1. The van der Waals surface area contributed by atoms with Gasteiger partial charge in [0, 0.05) is 37.7 Å². The van der Waals surface area contributed by atoms with Crippen molar-refractivity contribution in [3.05, 3.63) is 36.5 Å². The van der Waals surface area contributed by atoms with Crippen LogP contribution < -0.4 is 0 Å². The molecule has 0 saturated carbocycles. The average Bonchev–Trinajstić information content (AvgIpc) is 3.11. The minimum atomic E-state index is -2.40. The fraction of sp³-hybridized carbons (Fsp3) is 0.800. The largest absolute Gasteiger partial charge is 0.462 e. The molecule has 0 atom stereocenters. The Hall–Kier alpha value is -0.372. The number of esters is 2. The highest BCUT2D eigenvalue weighted by atomic mass is 32.4. The Kier molecular flexibility index (Phi) is 53.4. The van der Waals surface area contributed by atoms with Gasteiger partial charge >= 0.3 is 29.1 Å². The van der Waals surface area contributed by atoms with E-state index in [2.05, 4.69) is 123 Å². The van der Waals surface area contributed by atoms with E-state index in [-0.39, 0.29) is 54.9 Å². The fourth-order valence-electron chi connectivity index (χ4n) is 4.53. The van der Waals surface area contributed by atoms with Crippen molar-refractivity contribution in [2.75, 3.05) is 34.1 Å². The molecule has 0 aromatic rings. The minimum Gasteiger partial charge on any atom is -0.462 e. The molecular weight excluding hydrogens is 976 g/mol. The Bertz CT molecular complexity index is 1300. The van der Waals surface area contributed by atoms with Crippen molar-refractivity contribution in [1.29, 1.82) is 0 Å². The van der Waals surface area contributed by atoms with Gasteiger partial charge in [0.15, 0.2) is 47.4 Å². The van der Waals surface area contributed by atoms with Gasteiger partial charge in [0.25, 0.3) is 0 Å². The van der Waals surface area contributed by atoms with E-state index in [1.54, 1.807) is 35.0 Å². The lowest BCUT2D eigenvalue weighted by Crippen LogP contribution is -2.56. The molecule has 20 heteroatoms. The van der Waals surface area contributed by atoms with E-state index < -0.39 is 58.7 Å². The van der Waals surface area contributed by atoms with Crippen LogP contribution in [0.2, 0.25) is 123 Å². The molecule has 0 radical (unpaired) electrons. The van der Waals surface area contributed by atoms with Gasteiger partial charge < -0.3 is 35.5 Å². The molecule has 65 heavy (non-hydrogen) atoms. The van der Waals surface area contributed by atoms with Crippen LogP contribution in [0.15, 0.2) is 36.5 Å². The van der Waals surface area contributed by atoms with Crippen LogP contribution in [-0.4, -0.2) is 115 Å². The van der Waals surface area contributed by atoms with Crippen LogP contribution in [0.1, 0.15) is 89.5 Å². The molecule has 0 rings (SSSR count). The SMILES string of the molecule is C.C.C.C.C.C=C(C)C(=O)CCC[Si](C)(C)O[Si](C)(C)O[Si](C)(C)O[Si](C)(C)CCCOC(=O)C(=C)C.C=C(C)C(=O)OCCC[Si](C)(C)O.CO[Si](C)(C)C.CO[Si](C)(C)C.CP=S.[2H][2H].[2H][2H]. The summed E-state index contributed by atoms with van der Waals surface area (Å²) in [7, 11) is -8.45. The number of ketones is 1. The van der Waals surface area contributed by atoms with Crippen molar-refractivity contribution in [2.45, 2.75) is 206 Å². The predicted octanol–water partition coefficient (Wildman–Crippen LogP) is 15.6. The van der Waals surface area contributed by atoms with Crippen molar-refractivity contribution in [3.8, 4) is 0 Å². The molecular formula is C45H115O11PSSi7. The topological polar surface area (TPSA) is 136 Å². The van der Waals surface area contributed by atoms with Crippen molar-refractivity contribution < 1.29 is 55.8 Å². The van der Waals surface area contributed by atoms with E-state index in [9.17, 15) is 19.2 Å². The van der Waals surface area contributed by atoms with Crippen molar-refractivity contribution in [1.82, 2.24) is 0 Å². The second-order valence-corrected chi connectivity index (χ2v) is 50.3. The van der Waals surface area contributed by atoms with Gasteiger partial charge in [-0.1, -0.05) is 68.7 Å². The number of ether oxygens (including phenoxy) is 2. The van der Waals surface area contributed by atoms with Gasteiger partial charge in [0.1, 0.15) is 0 Å². The summed E-state index contributed by atoms with van der Waals surface area (Å²) in [6.45, 7) is 52.3. The molecule has 0 aliphatic heterocycles. The minimum absolute atomic E-state index is 0. The molecule has 0 fully saturated rings. The molecule has 0 heterocycles. The third kappa shape index (κ3) is 70.3. The Morgan fingerprint density at radius 2 is 0.815 bits per heavy atom. The first kappa shape index (κ1) is 81.6. The van der Waals surface area contributed by atoms with Crippen LogP contribution in [-0.2, 0) is 56.9 Å². The molecule has 11 nitrogen and oxygen atoms in total. The standard InChI is InChI=1S/C22H46O6Si4.C9H18O3Si.2C4H12OSi.CH3PS.5CH4.2H2/c1-19(2)21(23)15-13-17-29(5,6)26-31(9,10)28-32(11,12)27-30(7,8)18-14-16-25-22(24)20(3)4;1-8(2)9(10)12-6-5-7-13(3,4)11;2*1-5-6(2,3)4;1-2-3;;;;;;;/h1,3,13-18H2,2,4-12H3;11H,1,5-7H2,2-4H3;2*1-4H3;1H3;5*1H4;2*1H/i;;;;;;;;;;2*1+1D. The summed E-state index contributed by atoms with van der Waals surface area (Å²) < 4.78 is 60.0. The highest BCUT2D eigenvalue weighted by Crippen LogP contribution is 2.28. The molecule has 0 aromatic heterocycles. The summed E-state index contributed by atoms with van der Waals surface area (Å²) >= 11 is 4.37. The molecule has 1 N–H and O–H groups in total. The van der Waals surface area contributed by atoms with Crippen LogP contribution >= 0.6 is 7.36 Å². The Balaban J connectivity index is -0.0000000724. The van der Waals surface area contributed by atoms with Crippen LogP contribution in [0.4, 0.5) is 0 Å². The molecule has 0 amide bonds. The van der Waals surface area contributed by atoms with E-state index in [0.29, 0.717) is 36.4 Å². The summed E-state index contributed by atoms with van der Waals surface area (Å²) in [6.07, 6.45) is 2.85. The Morgan fingerprint density at radius 1 is 0.554 bits per heavy atom. The molecule has 0 unspecified atom stereocenters. The van der Waals surface area contributed by atoms with E-state index in [4.69, 9.17) is 36.6 Å². The Morgan fingerprint density at radius 3 is 1.05 bits per heavy atom. The number of Topliss-reactive ketones (excluding diaryl/α,β-unsaturated/α-hetero) is 1. The first-order chi connectivity index (χ1) is 28.6. The van der Waals surface area contributed by atoms with Crippen molar-refractivity contribution >= 4 is 95.6 Å². The van der Waals surface area contributed by atoms with E-state index >= 15 is 0 Å². The molecule has 0 bridgehead atoms. The lowest BCUT2D eigenvalue weighted by atomic mass is 10.1. The van der Waals surface area contributed by atoms with Crippen LogP contribution in [0.5, 0.6) is 0 Å². The quantitative estimate of drug-likeness (QED) is 0.0343. The maximum atomic E-state index is 11.8. The zero-order valence-electron chi connectivity index (χ0n) is 46.4. The van der Waals surface area contributed by atoms with Gasteiger partial charge in [-0.15, -0.1) is 0 Å². The predicted molar refractivity (Wildman–Crippen MR) is 316 cm³/mol. The number of carbonyl (C=O) groups excluding carboxylic acids is 3. The van der Waals surface area contributed by atoms with Crippen LogP contribution in [0, 0.1) is 0 Å². The molecule has 0 aliphatic carbocycles. The smallest absolute Gasteiger partial charge is 0.333 e. The summed E-state index contributed by atoms with van der Waals surface area (Å²) in [5, 5.41) is 0. The van der Waals surface area contributed by atoms with E-state index in [1.807, 2.05) is 19.8 Å². The normalized spacial score (nSPS) is 11.4. The summed E-state index contributed by atoms with van der Waals surface area (Å²) in [5.74, 6) is -0.562. The third-order valence-electron chi connectivity index (χ3n) is 7.44. The Labute approximate surface area is 426 Å². The molecule has 0 aliphatic rings. The summed E-state index contributed by atoms with van der Waals surface area (Å²) in [6, 6.07) is 2.56. The van der Waals surface area contributed by atoms with Gasteiger partial charge in [-0.25, -0.2) is 9.59 Å². The lowest BCUT2D eigenvalue weighted by Gasteiger charge is -2.41.